The van der Waals surface area contributed by atoms with Crippen molar-refractivity contribution in [3.05, 3.63) is 41.6 Å². The predicted octanol–water partition coefficient (Wildman–Crippen LogP) is 1.38. The number of aryl methyl sites for hydroxylation is 1. The van der Waals surface area contributed by atoms with Gasteiger partial charge in [0.05, 0.1) is 12.1 Å². The molecule has 2 aliphatic heterocycles. The number of carbonyl (C=O) groups is 1. The summed E-state index contributed by atoms with van der Waals surface area (Å²) in [5.41, 5.74) is 1.52. The third-order valence-electron chi connectivity index (χ3n) is 7.50. The molecule has 1 saturated carbocycles. The topological polar surface area (TPSA) is 123 Å². The number of benzene rings is 1. The molecule has 0 bridgehead atoms. The number of aromatic nitrogens is 2. The van der Waals surface area contributed by atoms with Crippen LogP contribution in [-0.4, -0.2) is 76.8 Å². The van der Waals surface area contributed by atoms with Crippen LogP contribution in [-0.2, 0) is 32.5 Å². The molecule has 2 fully saturated rings. The van der Waals surface area contributed by atoms with Gasteiger partial charge in [-0.1, -0.05) is 30.3 Å². The highest BCUT2D eigenvalue weighted by Crippen LogP contribution is 2.42. The quantitative estimate of drug-likeness (QED) is 0.442. The minimum absolute atomic E-state index is 0.0336. The predicted molar refractivity (Wildman–Crippen MR) is 134 cm³/mol. The zero-order chi connectivity index (χ0) is 24.5. The number of aliphatic hydroxyl groups is 1. The molecule has 1 aromatic carbocycles. The highest BCUT2D eigenvalue weighted by atomic mass is 32.2. The van der Waals surface area contributed by atoms with E-state index in [0.29, 0.717) is 35.4 Å². The maximum atomic E-state index is 12.7. The Morgan fingerprint density at radius 1 is 1.20 bits per heavy atom. The molecule has 1 atom stereocenters. The van der Waals surface area contributed by atoms with Crippen LogP contribution in [0.15, 0.2) is 35.2 Å². The Hall–Kier alpha value is -2.40. The molecule has 1 unspecified atom stereocenters. The van der Waals surface area contributed by atoms with Crippen molar-refractivity contribution in [2.24, 2.45) is 0 Å². The molecule has 35 heavy (non-hydrogen) atoms. The van der Waals surface area contributed by atoms with E-state index in [1.54, 1.807) is 0 Å². The Bertz CT molecular complexity index is 1060. The van der Waals surface area contributed by atoms with Crippen molar-refractivity contribution < 1.29 is 19.2 Å². The van der Waals surface area contributed by atoms with Gasteiger partial charge in [0, 0.05) is 38.6 Å². The Morgan fingerprint density at radius 2 is 1.94 bits per heavy atom. The van der Waals surface area contributed by atoms with Gasteiger partial charge in [-0.25, -0.2) is 4.98 Å². The number of fused-ring (bicyclic) bond motifs is 1. The van der Waals surface area contributed by atoms with E-state index in [4.69, 9.17) is 14.7 Å². The average Bonchev–Trinajstić information content (AvgIpc) is 3.56. The number of nitrogens with one attached hydrogen (secondary N) is 2. The number of nitrogens with zero attached hydrogens (tertiary/aromatic N) is 3. The van der Waals surface area contributed by atoms with E-state index < -0.39 is 11.2 Å². The van der Waals surface area contributed by atoms with E-state index in [9.17, 15) is 14.5 Å². The number of aliphatic hydroxyl groups excluding tert-OH is 1. The number of amides is 1. The molecule has 0 spiro atoms. The Kier molecular flexibility index (Phi) is 6.89. The lowest BCUT2D eigenvalue weighted by Crippen LogP contribution is -2.50. The molecule has 5 rings (SSSR count). The normalized spacial score (nSPS) is 21.9. The fraction of sp³-hybridized carbons (Fsp3) is 0.560. The summed E-state index contributed by atoms with van der Waals surface area (Å²) in [6, 6.07) is 10.3. The van der Waals surface area contributed by atoms with E-state index >= 15 is 0 Å². The van der Waals surface area contributed by atoms with Gasteiger partial charge in [-0.05, 0) is 42.4 Å². The van der Waals surface area contributed by atoms with Crippen LogP contribution in [0.4, 0.5) is 11.8 Å². The summed E-state index contributed by atoms with van der Waals surface area (Å²) < 4.78 is 17.6. The van der Waals surface area contributed by atoms with Crippen LogP contribution in [0, 0.1) is 0 Å². The molecule has 10 heteroatoms. The lowest BCUT2D eigenvalue weighted by molar-refractivity contribution is -0.125. The van der Waals surface area contributed by atoms with Crippen LogP contribution in [0.3, 0.4) is 0 Å². The number of methoxy groups -OCH3 is 1. The van der Waals surface area contributed by atoms with Crippen molar-refractivity contribution >= 4 is 28.8 Å². The number of hydrogen-bond acceptors (Lipinski definition) is 8. The fourth-order valence-corrected chi connectivity index (χ4v) is 6.38. The third-order valence-corrected chi connectivity index (χ3v) is 8.96. The molecule has 188 valence electrons. The van der Waals surface area contributed by atoms with Crippen molar-refractivity contribution in [3.63, 3.8) is 0 Å². The summed E-state index contributed by atoms with van der Waals surface area (Å²) in [4.78, 5) is 24.7. The minimum atomic E-state index is -1.12. The average molecular weight is 500 g/mol. The van der Waals surface area contributed by atoms with Crippen LogP contribution in [0.25, 0.3) is 0 Å². The Morgan fingerprint density at radius 3 is 2.60 bits per heavy atom. The first kappa shape index (κ1) is 24.3. The van der Waals surface area contributed by atoms with E-state index in [-0.39, 0.29) is 30.1 Å². The molecule has 3 heterocycles. The zero-order valence-corrected chi connectivity index (χ0v) is 20.9. The van der Waals surface area contributed by atoms with Crippen molar-refractivity contribution in [2.45, 2.75) is 48.0 Å². The van der Waals surface area contributed by atoms with Gasteiger partial charge in [0.2, 0.25) is 16.8 Å². The largest absolute Gasteiger partial charge is 0.611 e. The molecule has 3 aliphatic rings. The second-order valence-electron chi connectivity index (χ2n) is 9.85. The first-order valence-electron chi connectivity index (χ1n) is 12.2. The molecular weight excluding hydrogens is 466 g/mol. The molecule has 1 amide bonds. The third kappa shape index (κ3) is 4.97. The molecule has 2 aromatic rings. The maximum Gasteiger partial charge on any atom is 0.246 e. The smallest absolute Gasteiger partial charge is 0.246 e. The van der Waals surface area contributed by atoms with Crippen molar-refractivity contribution in [1.29, 1.82) is 0 Å². The van der Waals surface area contributed by atoms with Crippen LogP contribution >= 0.6 is 0 Å². The number of anilines is 2. The second-order valence-corrected chi connectivity index (χ2v) is 11.4. The minimum Gasteiger partial charge on any atom is -0.611 e. The Balaban J connectivity index is 1.37. The van der Waals surface area contributed by atoms with Gasteiger partial charge in [-0.2, -0.15) is 4.98 Å². The fourth-order valence-electron chi connectivity index (χ4n) is 5.08. The standard InChI is InChI=1S/C25H33N5O4S/c1-34-15-20(32)26-16-24(18-5-3-2-4-6-18)10-12-30(13-11-24)23-27-19-7-14-35(33)21(19)22(28-23)29-25(17-31)8-9-25/h2-6,31H,7-17H2,1H3,(H,26,32)(H,27,28,29). The van der Waals surface area contributed by atoms with Gasteiger partial charge in [0.1, 0.15) is 18.1 Å². The van der Waals surface area contributed by atoms with E-state index in [1.165, 1.54) is 12.7 Å². The summed E-state index contributed by atoms with van der Waals surface area (Å²) in [6.45, 7) is 2.10. The van der Waals surface area contributed by atoms with Crippen LogP contribution in [0.5, 0.6) is 0 Å². The second kappa shape index (κ2) is 9.93. The molecule has 1 saturated heterocycles. The molecule has 9 nitrogen and oxygen atoms in total. The van der Waals surface area contributed by atoms with Crippen LogP contribution < -0.4 is 15.5 Å². The number of hydrogen-bond donors (Lipinski definition) is 3. The summed E-state index contributed by atoms with van der Waals surface area (Å²) in [5, 5.41) is 16.3. The Labute approximate surface area is 208 Å². The maximum absolute atomic E-state index is 12.7. The van der Waals surface area contributed by atoms with E-state index in [2.05, 4.69) is 27.7 Å². The first-order chi connectivity index (χ1) is 17.0. The number of piperidine rings is 1. The number of ether oxygens (including phenoxy) is 1. The van der Waals surface area contributed by atoms with Gasteiger partial charge in [0.25, 0.3) is 0 Å². The highest BCUT2D eigenvalue weighted by Gasteiger charge is 2.45. The van der Waals surface area contributed by atoms with E-state index in [0.717, 1.165) is 44.5 Å². The van der Waals surface area contributed by atoms with Gasteiger partial charge in [-0.3, -0.25) is 4.79 Å². The molecule has 1 aromatic heterocycles. The van der Waals surface area contributed by atoms with Gasteiger partial charge < -0.3 is 29.9 Å². The van der Waals surface area contributed by atoms with Gasteiger partial charge in [0.15, 0.2) is 5.82 Å². The summed E-state index contributed by atoms with van der Waals surface area (Å²) in [7, 11) is 1.52. The van der Waals surface area contributed by atoms with Crippen LogP contribution in [0.1, 0.15) is 36.9 Å². The van der Waals surface area contributed by atoms with Crippen molar-refractivity contribution in [3.8, 4) is 0 Å². The molecule has 1 aliphatic carbocycles. The number of rotatable bonds is 9. The SMILES string of the molecule is COCC(=O)NCC1(c2ccccc2)CCN(c2nc3c(c(NC4(CO)CC4)n2)[S+]([O-])CC3)CC1. The van der Waals surface area contributed by atoms with Gasteiger partial charge >= 0.3 is 0 Å². The molecular formula is C25H33N5O4S. The lowest BCUT2D eigenvalue weighted by atomic mass is 9.72. The summed E-state index contributed by atoms with van der Waals surface area (Å²) >= 11 is -1.12. The number of carbonyl (C=O) groups excluding carboxylic acids is 1. The molecule has 0 radical (unpaired) electrons. The summed E-state index contributed by atoms with van der Waals surface area (Å²) in [6.07, 6.45) is 4.09. The first-order valence-corrected chi connectivity index (χ1v) is 13.5. The van der Waals surface area contributed by atoms with E-state index in [1.807, 2.05) is 18.2 Å². The van der Waals surface area contributed by atoms with Gasteiger partial charge in [-0.15, -0.1) is 0 Å². The highest BCUT2D eigenvalue weighted by molar-refractivity contribution is 7.91. The lowest BCUT2D eigenvalue weighted by Gasteiger charge is -2.42. The zero-order valence-electron chi connectivity index (χ0n) is 20.1. The van der Waals surface area contributed by atoms with Crippen molar-refractivity contribution in [2.75, 3.05) is 55.9 Å². The molecule has 3 N–H and O–H groups in total. The summed E-state index contributed by atoms with van der Waals surface area (Å²) in [5.74, 6) is 1.70. The van der Waals surface area contributed by atoms with Crippen molar-refractivity contribution in [1.82, 2.24) is 15.3 Å². The monoisotopic (exact) mass is 499 g/mol. The van der Waals surface area contributed by atoms with Crippen LogP contribution in [0.2, 0.25) is 0 Å².